The molecule has 0 aromatic heterocycles. The summed E-state index contributed by atoms with van der Waals surface area (Å²) in [5, 5.41) is 11.8. The molecule has 0 spiro atoms. The highest BCUT2D eigenvalue weighted by Gasteiger charge is 2.12. The van der Waals surface area contributed by atoms with E-state index in [1.54, 1.807) is 25.2 Å². The monoisotopic (exact) mass is 296 g/mol. The number of likely N-dealkylation sites (N-methyl/N-ethyl adjacent to an activating group) is 2. The average molecular weight is 297 g/mol. The second-order valence-corrected chi connectivity index (χ2v) is 4.50. The van der Waals surface area contributed by atoms with Crippen molar-refractivity contribution in [1.29, 1.82) is 0 Å². The molecule has 1 rings (SSSR count). The van der Waals surface area contributed by atoms with Crippen molar-refractivity contribution < 1.29 is 14.7 Å². The van der Waals surface area contributed by atoms with Crippen LogP contribution in [0.3, 0.4) is 0 Å². The first-order valence-corrected chi connectivity index (χ1v) is 6.51. The van der Waals surface area contributed by atoms with E-state index in [1.807, 2.05) is 11.8 Å². The van der Waals surface area contributed by atoms with Crippen molar-refractivity contribution >= 4 is 35.2 Å². The van der Waals surface area contributed by atoms with E-state index in [4.69, 9.17) is 16.7 Å². The van der Waals surface area contributed by atoms with Gasteiger partial charge in [0.15, 0.2) is 0 Å². The fourth-order valence-corrected chi connectivity index (χ4v) is 1.88. The van der Waals surface area contributed by atoms with Crippen molar-refractivity contribution in [2.45, 2.75) is 6.92 Å². The summed E-state index contributed by atoms with van der Waals surface area (Å²) in [5.74, 6) is -1.15. The number of hydrogen-bond donors (Lipinski definition) is 2. The number of aliphatic carboxylic acids is 1. The fraction of sp³-hybridized carbons (Fsp3) is 0.286. The number of nitrogens with zero attached hydrogens (tertiary/aromatic N) is 1. The van der Waals surface area contributed by atoms with Gasteiger partial charge in [0.05, 0.1) is 6.54 Å². The molecule has 0 atom stereocenters. The zero-order valence-corrected chi connectivity index (χ0v) is 12.1. The predicted molar refractivity (Wildman–Crippen MR) is 80.1 cm³/mol. The number of carbonyl (C=O) groups excluding carboxylic acids is 1. The van der Waals surface area contributed by atoms with Gasteiger partial charge < -0.3 is 15.3 Å². The molecule has 0 aliphatic carbocycles. The molecule has 5 nitrogen and oxygen atoms in total. The predicted octanol–water partition coefficient (Wildman–Crippen LogP) is 2.01. The summed E-state index contributed by atoms with van der Waals surface area (Å²) < 4.78 is 0. The Morgan fingerprint density at radius 2 is 2.15 bits per heavy atom. The molecule has 1 aromatic rings. The van der Waals surface area contributed by atoms with Gasteiger partial charge in [-0.05, 0) is 30.7 Å². The summed E-state index contributed by atoms with van der Waals surface area (Å²) in [7, 11) is 1.57. The van der Waals surface area contributed by atoms with Gasteiger partial charge in [-0.1, -0.05) is 17.7 Å². The van der Waals surface area contributed by atoms with Crippen LogP contribution in [-0.2, 0) is 9.59 Å². The van der Waals surface area contributed by atoms with E-state index in [0.717, 1.165) is 11.8 Å². The molecule has 6 heteroatoms. The first-order valence-electron chi connectivity index (χ1n) is 6.14. The van der Waals surface area contributed by atoms with Gasteiger partial charge in [-0.25, -0.2) is 4.79 Å². The second-order valence-electron chi connectivity index (χ2n) is 4.06. The summed E-state index contributed by atoms with van der Waals surface area (Å²) in [6, 6.07) is 5.12. The van der Waals surface area contributed by atoms with E-state index in [1.165, 1.54) is 6.08 Å². The standard InChI is InChI=1S/C14H17ClN2O3/c1-3-17(9-13(18)16-2)12-8-11(15)6-4-10(12)5-7-14(19)20/h4-8H,3,9H2,1-2H3,(H,16,18)(H,19,20)/b7-5+. The van der Waals surface area contributed by atoms with Crippen molar-refractivity contribution in [3.05, 3.63) is 34.9 Å². The Morgan fingerprint density at radius 3 is 2.70 bits per heavy atom. The lowest BCUT2D eigenvalue weighted by Crippen LogP contribution is -2.35. The van der Waals surface area contributed by atoms with Crippen LogP contribution in [0.4, 0.5) is 5.69 Å². The van der Waals surface area contributed by atoms with Crippen molar-refractivity contribution in [2.75, 3.05) is 25.0 Å². The number of carboxylic acid groups (broad SMARTS) is 1. The molecule has 0 heterocycles. The summed E-state index contributed by atoms with van der Waals surface area (Å²) in [6.07, 6.45) is 2.54. The van der Waals surface area contributed by atoms with Crippen LogP contribution in [0.15, 0.2) is 24.3 Å². The number of carboxylic acids is 1. The summed E-state index contributed by atoms with van der Waals surface area (Å²) in [4.78, 5) is 24.0. The third-order valence-corrected chi connectivity index (χ3v) is 2.97. The van der Waals surface area contributed by atoms with Crippen molar-refractivity contribution in [3.63, 3.8) is 0 Å². The zero-order valence-electron chi connectivity index (χ0n) is 11.4. The SMILES string of the molecule is CCN(CC(=O)NC)c1cc(Cl)ccc1/C=C/C(=O)O. The maximum absolute atomic E-state index is 11.5. The molecule has 0 radical (unpaired) electrons. The molecule has 0 fully saturated rings. The minimum atomic E-state index is -1.03. The Labute approximate surface area is 122 Å². The Balaban J connectivity index is 3.14. The summed E-state index contributed by atoms with van der Waals surface area (Å²) in [6.45, 7) is 2.69. The van der Waals surface area contributed by atoms with E-state index in [0.29, 0.717) is 17.1 Å². The second kappa shape index (κ2) is 7.55. The van der Waals surface area contributed by atoms with Gasteiger partial charge in [-0.3, -0.25) is 4.79 Å². The van der Waals surface area contributed by atoms with Crippen molar-refractivity contribution in [2.24, 2.45) is 0 Å². The number of hydrogen-bond acceptors (Lipinski definition) is 3. The van der Waals surface area contributed by atoms with E-state index >= 15 is 0 Å². The first-order chi connectivity index (χ1) is 9.47. The summed E-state index contributed by atoms with van der Waals surface area (Å²) >= 11 is 5.98. The number of anilines is 1. The Kier molecular flexibility index (Phi) is 6.06. The molecule has 1 amide bonds. The smallest absolute Gasteiger partial charge is 0.328 e. The highest BCUT2D eigenvalue weighted by Crippen LogP contribution is 2.26. The van der Waals surface area contributed by atoms with E-state index < -0.39 is 5.97 Å². The largest absolute Gasteiger partial charge is 0.478 e. The number of carbonyl (C=O) groups is 2. The molecule has 0 aliphatic heterocycles. The fourth-order valence-electron chi connectivity index (χ4n) is 1.71. The van der Waals surface area contributed by atoms with Crippen molar-refractivity contribution in [3.8, 4) is 0 Å². The number of amides is 1. The lowest BCUT2D eigenvalue weighted by Gasteiger charge is -2.24. The molecule has 2 N–H and O–H groups in total. The maximum atomic E-state index is 11.5. The average Bonchev–Trinajstić information content (AvgIpc) is 2.42. The van der Waals surface area contributed by atoms with E-state index in [2.05, 4.69) is 5.32 Å². The van der Waals surface area contributed by atoms with Crippen LogP contribution < -0.4 is 10.2 Å². The highest BCUT2D eigenvalue weighted by atomic mass is 35.5. The third-order valence-electron chi connectivity index (χ3n) is 2.73. The lowest BCUT2D eigenvalue weighted by molar-refractivity contribution is -0.131. The third kappa shape index (κ3) is 4.59. The molecule has 0 saturated carbocycles. The van der Waals surface area contributed by atoms with Crippen LogP contribution >= 0.6 is 11.6 Å². The Hall–Kier alpha value is -2.01. The molecule has 1 aromatic carbocycles. The minimum Gasteiger partial charge on any atom is -0.478 e. The van der Waals surface area contributed by atoms with Gasteiger partial charge in [-0.2, -0.15) is 0 Å². The van der Waals surface area contributed by atoms with E-state index in [9.17, 15) is 9.59 Å². The van der Waals surface area contributed by atoms with Gasteiger partial charge >= 0.3 is 5.97 Å². The molecule has 0 aliphatic rings. The normalized spacial score (nSPS) is 10.6. The van der Waals surface area contributed by atoms with E-state index in [-0.39, 0.29) is 12.5 Å². The van der Waals surface area contributed by atoms with Crippen LogP contribution in [0, 0.1) is 0 Å². The molecule has 20 heavy (non-hydrogen) atoms. The number of halogens is 1. The van der Waals surface area contributed by atoms with Gasteiger partial charge in [0.1, 0.15) is 0 Å². The Morgan fingerprint density at radius 1 is 1.45 bits per heavy atom. The quantitative estimate of drug-likeness (QED) is 0.788. The number of rotatable bonds is 6. The van der Waals surface area contributed by atoms with Crippen LogP contribution in [0.5, 0.6) is 0 Å². The first kappa shape index (κ1) is 16.0. The maximum Gasteiger partial charge on any atom is 0.328 e. The van der Waals surface area contributed by atoms with Crippen LogP contribution in [-0.4, -0.2) is 37.1 Å². The van der Waals surface area contributed by atoms with Gasteiger partial charge in [0.2, 0.25) is 5.91 Å². The number of benzene rings is 1. The molecular weight excluding hydrogens is 280 g/mol. The van der Waals surface area contributed by atoms with Gasteiger partial charge in [0.25, 0.3) is 0 Å². The topological polar surface area (TPSA) is 69.6 Å². The van der Waals surface area contributed by atoms with Crippen LogP contribution in [0.2, 0.25) is 5.02 Å². The Bertz CT molecular complexity index is 529. The van der Waals surface area contributed by atoms with Gasteiger partial charge in [0, 0.05) is 30.4 Å². The summed E-state index contributed by atoms with van der Waals surface area (Å²) in [5.41, 5.74) is 1.42. The molecule has 108 valence electrons. The molecule has 0 saturated heterocycles. The van der Waals surface area contributed by atoms with Gasteiger partial charge in [-0.15, -0.1) is 0 Å². The molecule has 0 unspecified atom stereocenters. The zero-order chi connectivity index (χ0) is 15.1. The lowest BCUT2D eigenvalue weighted by atomic mass is 10.1. The highest BCUT2D eigenvalue weighted by molar-refractivity contribution is 6.31. The molecular formula is C14H17ClN2O3. The van der Waals surface area contributed by atoms with Crippen LogP contribution in [0.1, 0.15) is 12.5 Å². The number of nitrogens with one attached hydrogen (secondary N) is 1. The van der Waals surface area contributed by atoms with Crippen LogP contribution in [0.25, 0.3) is 6.08 Å². The molecule has 0 bridgehead atoms. The minimum absolute atomic E-state index is 0.125. The van der Waals surface area contributed by atoms with Crippen molar-refractivity contribution in [1.82, 2.24) is 5.32 Å².